The van der Waals surface area contributed by atoms with Gasteiger partial charge < -0.3 is 5.11 Å². The molecule has 0 aliphatic rings. The lowest BCUT2D eigenvalue weighted by Gasteiger charge is -1.98. The zero-order valence-corrected chi connectivity index (χ0v) is 7.77. The lowest BCUT2D eigenvalue weighted by Crippen LogP contribution is -1.82. The quantitative estimate of drug-likeness (QED) is 0.458. The number of aliphatic hydroxyl groups excluding tert-OH is 1. The van der Waals surface area contributed by atoms with Crippen molar-refractivity contribution in [2.45, 2.75) is 52.4 Å². The number of allylic oxidation sites excluding steroid dienone is 2. The summed E-state index contributed by atoms with van der Waals surface area (Å²) in [7, 11) is 0. The monoisotopic (exact) mass is 156 g/mol. The van der Waals surface area contributed by atoms with Gasteiger partial charge in [0.15, 0.2) is 0 Å². The van der Waals surface area contributed by atoms with Crippen LogP contribution in [-0.4, -0.2) is 5.11 Å². The first-order chi connectivity index (χ1) is 5.31. The summed E-state index contributed by atoms with van der Waals surface area (Å²) in [6.45, 7) is 4.24. The molecule has 0 spiro atoms. The van der Waals surface area contributed by atoms with Crippen LogP contribution in [0.5, 0.6) is 0 Å². The lowest BCUT2D eigenvalue weighted by atomic mass is 10.1. The van der Waals surface area contributed by atoms with Gasteiger partial charge in [0.05, 0.1) is 5.76 Å². The van der Waals surface area contributed by atoms with Gasteiger partial charge in [0.2, 0.25) is 0 Å². The van der Waals surface area contributed by atoms with Gasteiger partial charge in [-0.3, -0.25) is 0 Å². The van der Waals surface area contributed by atoms with Crippen LogP contribution in [0.4, 0.5) is 0 Å². The molecular weight excluding hydrogens is 136 g/mol. The highest BCUT2D eigenvalue weighted by Gasteiger charge is 1.91. The van der Waals surface area contributed by atoms with E-state index in [0.29, 0.717) is 5.76 Å². The largest absolute Gasteiger partial charge is 0.513 e. The third kappa shape index (κ3) is 7.44. The molecule has 0 aromatic rings. The number of rotatable bonds is 6. The molecule has 0 heterocycles. The van der Waals surface area contributed by atoms with Crippen LogP contribution < -0.4 is 0 Å². The van der Waals surface area contributed by atoms with Gasteiger partial charge in [0.25, 0.3) is 0 Å². The molecule has 0 saturated carbocycles. The first kappa shape index (κ1) is 10.5. The molecule has 0 saturated heterocycles. The van der Waals surface area contributed by atoms with Gasteiger partial charge in [0.1, 0.15) is 0 Å². The van der Waals surface area contributed by atoms with Crippen LogP contribution in [-0.2, 0) is 0 Å². The topological polar surface area (TPSA) is 20.2 Å². The fourth-order valence-electron chi connectivity index (χ4n) is 1.07. The molecule has 0 amide bonds. The Hall–Kier alpha value is -0.460. The Balaban J connectivity index is 3.17. The van der Waals surface area contributed by atoms with E-state index < -0.39 is 0 Å². The van der Waals surface area contributed by atoms with Crippen LogP contribution in [0, 0.1) is 0 Å². The number of unbranched alkanes of at least 4 members (excludes halogenated alkanes) is 3. The van der Waals surface area contributed by atoms with Crippen LogP contribution in [0.3, 0.4) is 0 Å². The van der Waals surface area contributed by atoms with Gasteiger partial charge in [-0.15, -0.1) is 0 Å². The van der Waals surface area contributed by atoms with Crippen LogP contribution >= 0.6 is 0 Å². The van der Waals surface area contributed by atoms with E-state index in [1.54, 1.807) is 0 Å². The first-order valence-corrected chi connectivity index (χ1v) is 4.69. The molecule has 0 radical (unpaired) electrons. The van der Waals surface area contributed by atoms with Crippen molar-refractivity contribution in [3.63, 3.8) is 0 Å². The summed E-state index contributed by atoms with van der Waals surface area (Å²) >= 11 is 0. The van der Waals surface area contributed by atoms with Gasteiger partial charge in [-0.05, 0) is 18.9 Å². The lowest BCUT2D eigenvalue weighted by molar-refractivity contribution is 0.378. The van der Waals surface area contributed by atoms with Crippen molar-refractivity contribution < 1.29 is 5.11 Å². The maximum absolute atomic E-state index is 9.21. The number of hydrogen-bond donors (Lipinski definition) is 1. The molecule has 1 N–H and O–H groups in total. The predicted molar refractivity (Wildman–Crippen MR) is 49.8 cm³/mol. The highest BCUT2D eigenvalue weighted by molar-refractivity contribution is 4.89. The predicted octanol–water partition coefficient (Wildman–Crippen LogP) is 3.81. The molecule has 0 aliphatic heterocycles. The first-order valence-electron chi connectivity index (χ1n) is 4.69. The van der Waals surface area contributed by atoms with Gasteiger partial charge in [-0.2, -0.15) is 0 Å². The highest BCUT2D eigenvalue weighted by atomic mass is 16.3. The summed E-state index contributed by atoms with van der Waals surface area (Å²) in [5.74, 6) is 0.573. The summed E-state index contributed by atoms with van der Waals surface area (Å²) in [5.41, 5.74) is 0. The van der Waals surface area contributed by atoms with E-state index in [-0.39, 0.29) is 0 Å². The van der Waals surface area contributed by atoms with E-state index in [4.69, 9.17) is 0 Å². The van der Waals surface area contributed by atoms with Crippen LogP contribution in [0.15, 0.2) is 11.8 Å². The Morgan fingerprint density at radius 1 is 1.18 bits per heavy atom. The summed E-state index contributed by atoms with van der Waals surface area (Å²) in [6.07, 6.45) is 8.64. The van der Waals surface area contributed by atoms with E-state index in [1.165, 1.54) is 19.3 Å². The Morgan fingerprint density at radius 3 is 2.45 bits per heavy atom. The smallest absolute Gasteiger partial charge is 0.0882 e. The molecule has 11 heavy (non-hydrogen) atoms. The van der Waals surface area contributed by atoms with Crippen molar-refractivity contribution in [3.05, 3.63) is 11.8 Å². The Morgan fingerprint density at radius 2 is 1.91 bits per heavy atom. The number of hydrogen-bond acceptors (Lipinski definition) is 1. The third-order valence-corrected chi connectivity index (χ3v) is 1.73. The fraction of sp³-hybridized carbons (Fsp3) is 0.800. The summed E-state index contributed by atoms with van der Waals surface area (Å²) in [4.78, 5) is 0. The molecule has 1 nitrogen and oxygen atoms in total. The molecule has 1 heteroatoms. The average Bonchev–Trinajstić information content (AvgIpc) is 1.99. The SMILES string of the molecule is CC/C=C(\O)CCCCCC. The van der Waals surface area contributed by atoms with Crippen molar-refractivity contribution in [2.24, 2.45) is 0 Å². The summed E-state index contributed by atoms with van der Waals surface area (Å²) < 4.78 is 0. The van der Waals surface area contributed by atoms with Crippen LogP contribution in [0.2, 0.25) is 0 Å². The normalized spacial score (nSPS) is 12.0. The highest BCUT2D eigenvalue weighted by Crippen LogP contribution is 2.07. The van der Waals surface area contributed by atoms with E-state index in [0.717, 1.165) is 19.3 Å². The van der Waals surface area contributed by atoms with E-state index in [1.807, 2.05) is 13.0 Å². The zero-order valence-electron chi connectivity index (χ0n) is 7.77. The van der Waals surface area contributed by atoms with Crippen molar-refractivity contribution in [1.82, 2.24) is 0 Å². The summed E-state index contributed by atoms with van der Waals surface area (Å²) in [6, 6.07) is 0. The second-order valence-electron chi connectivity index (χ2n) is 2.91. The Bertz CT molecular complexity index is 105. The van der Waals surface area contributed by atoms with Crippen molar-refractivity contribution in [3.8, 4) is 0 Å². The van der Waals surface area contributed by atoms with E-state index in [9.17, 15) is 5.11 Å². The van der Waals surface area contributed by atoms with Gasteiger partial charge in [-0.1, -0.05) is 33.1 Å². The minimum Gasteiger partial charge on any atom is -0.513 e. The third-order valence-electron chi connectivity index (χ3n) is 1.73. The van der Waals surface area contributed by atoms with E-state index in [2.05, 4.69) is 6.92 Å². The van der Waals surface area contributed by atoms with Crippen molar-refractivity contribution >= 4 is 0 Å². The molecule has 0 fully saturated rings. The maximum Gasteiger partial charge on any atom is 0.0882 e. The van der Waals surface area contributed by atoms with Crippen LogP contribution in [0.1, 0.15) is 52.4 Å². The molecule has 66 valence electrons. The van der Waals surface area contributed by atoms with Gasteiger partial charge >= 0.3 is 0 Å². The molecule has 0 atom stereocenters. The second-order valence-corrected chi connectivity index (χ2v) is 2.91. The Kier molecular flexibility index (Phi) is 7.33. The molecule has 0 aliphatic carbocycles. The van der Waals surface area contributed by atoms with Crippen molar-refractivity contribution in [2.75, 3.05) is 0 Å². The standard InChI is InChI=1S/C10H20O/c1-3-5-6-7-9-10(11)8-4-2/h8,11H,3-7,9H2,1-2H3/b10-8-. The molecule has 0 unspecified atom stereocenters. The van der Waals surface area contributed by atoms with Gasteiger partial charge in [-0.25, -0.2) is 0 Å². The number of aliphatic hydroxyl groups is 1. The second kappa shape index (κ2) is 7.64. The average molecular weight is 156 g/mol. The Labute approximate surface area is 70.1 Å². The fourth-order valence-corrected chi connectivity index (χ4v) is 1.07. The maximum atomic E-state index is 9.21. The molecule has 0 bridgehead atoms. The molecule has 0 rings (SSSR count). The van der Waals surface area contributed by atoms with Gasteiger partial charge in [0, 0.05) is 6.42 Å². The molecule has 0 aromatic carbocycles. The van der Waals surface area contributed by atoms with E-state index >= 15 is 0 Å². The summed E-state index contributed by atoms with van der Waals surface area (Å²) in [5, 5.41) is 9.21. The minimum absolute atomic E-state index is 0.573. The minimum atomic E-state index is 0.573. The molecule has 0 aromatic heterocycles. The molecular formula is C10H20O. The zero-order chi connectivity index (χ0) is 8.53. The van der Waals surface area contributed by atoms with Crippen molar-refractivity contribution in [1.29, 1.82) is 0 Å². The van der Waals surface area contributed by atoms with Crippen LogP contribution in [0.25, 0.3) is 0 Å².